The highest BCUT2D eigenvalue weighted by Gasteiger charge is 2.08. The standard InChI is InChI=1S/C11H8ClN3S/c1-15-7-8(6-14-15)16-11-4-2-3-10(12)9(11)5-13/h2-4,6-7H,1H3. The average molecular weight is 250 g/mol. The lowest BCUT2D eigenvalue weighted by Gasteiger charge is -2.02. The van der Waals surface area contributed by atoms with Crippen LogP contribution < -0.4 is 0 Å². The second kappa shape index (κ2) is 4.60. The van der Waals surface area contributed by atoms with Gasteiger partial charge in [-0.3, -0.25) is 4.68 Å². The van der Waals surface area contributed by atoms with Gasteiger partial charge in [-0.1, -0.05) is 29.4 Å². The van der Waals surface area contributed by atoms with Crippen LogP contribution in [0.4, 0.5) is 0 Å². The van der Waals surface area contributed by atoms with Gasteiger partial charge in [0.15, 0.2) is 0 Å². The first-order chi connectivity index (χ1) is 7.70. The molecule has 0 fully saturated rings. The molecule has 0 spiro atoms. The lowest BCUT2D eigenvalue weighted by Crippen LogP contribution is -1.84. The van der Waals surface area contributed by atoms with Crippen molar-refractivity contribution >= 4 is 23.4 Å². The summed E-state index contributed by atoms with van der Waals surface area (Å²) < 4.78 is 1.72. The number of aryl methyl sites for hydroxylation is 1. The Morgan fingerprint density at radius 1 is 1.50 bits per heavy atom. The number of nitrogens with zero attached hydrogens (tertiary/aromatic N) is 3. The molecule has 2 rings (SSSR count). The number of aromatic nitrogens is 2. The minimum absolute atomic E-state index is 0.483. The molecule has 0 bridgehead atoms. The maximum absolute atomic E-state index is 9.01. The third-order valence-electron chi connectivity index (χ3n) is 2.00. The predicted octanol–water partition coefficient (Wildman–Crippen LogP) is 3.10. The molecule has 0 N–H and O–H groups in total. The number of halogens is 1. The quantitative estimate of drug-likeness (QED) is 0.821. The summed E-state index contributed by atoms with van der Waals surface area (Å²) in [4.78, 5) is 1.84. The first-order valence-electron chi connectivity index (χ1n) is 4.56. The lowest BCUT2D eigenvalue weighted by atomic mass is 10.2. The monoisotopic (exact) mass is 249 g/mol. The van der Waals surface area contributed by atoms with Crippen molar-refractivity contribution in [1.82, 2.24) is 9.78 Å². The highest BCUT2D eigenvalue weighted by molar-refractivity contribution is 7.99. The van der Waals surface area contributed by atoms with E-state index >= 15 is 0 Å². The molecule has 5 heteroatoms. The van der Waals surface area contributed by atoms with Crippen LogP contribution >= 0.6 is 23.4 Å². The fourth-order valence-electron chi connectivity index (χ4n) is 1.28. The SMILES string of the molecule is Cn1cc(Sc2cccc(Cl)c2C#N)cn1. The number of nitriles is 1. The third-order valence-corrected chi connectivity index (χ3v) is 3.32. The van der Waals surface area contributed by atoms with E-state index in [4.69, 9.17) is 16.9 Å². The van der Waals surface area contributed by atoms with Crippen molar-refractivity contribution in [2.45, 2.75) is 9.79 Å². The van der Waals surface area contributed by atoms with Gasteiger partial charge in [0.25, 0.3) is 0 Å². The van der Waals surface area contributed by atoms with Crippen LogP contribution in [0, 0.1) is 11.3 Å². The first kappa shape index (κ1) is 11.1. The van der Waals surface area contributed by atoms with Crippen molar-refractivity contribution in [3.05, 3.63) is 41.2 Å². The first-order valence-corrected chi connectivity index (χ1v) is 5.75. The molecule has 0 amide bonds. The Morgan fingerprint density at radius 3 is 2.94 bits per heavy atom. The number of hydrogen-bond acceptors (Lipinski definition) is 3. The lowest BCUT2D eigenvalue weighted by molar-refractivity contribution is 0.766. The second-order valence-electron chi connectivity index (χ2n) is 3.18. The van der Waals surface area contributed by atoms with E-state index in [1.807, 2.05) is 25.4 Å². The zero-order valence-electron chi connectivity index (χ0n) is 8.51. The van der Waals surface area contributed by atoms with Crippen molar-refractivity contribution in [2.24, 2.45) is 7.05 Å². The number of rotatable bonds is 2. The van der Waals surface area contributed by atoms with E-state index in [-0.39, 0.29) is 0 Å². The molecule has 0 radical (unpaired) electrons. The van der Waals surface area contributed by atoms with Gasteiger partial charge in [-0.2, -0.15) is 10.4 Å². The molecule has 1 heterocycles. The second-order valence-corrected chi connectivity index (χ2v) is 4.70. The highest BCUT2D eigenvalue weighted by atomic mass is 35.5. The Hall–Kier alpha value is -1.44. The molecule has 1 aromatic heterocycles. The summed E-state index contributed by atoms with van der Waals surface area (Å²) in [5.41, 5.74) is 0.512. The van der Waals surface area contributed by atoms with E-state index in [2.05, 4.69) is 11.2 Å². The van der Waals surface area contributed by atoms with E-state index in [0.29, 0.717) is 10.6 Å². The third kappa shape index (κ3) is 2.21. The van der Waals surface area contributed by atoms with Crippen molar-refractivity contribution in [1.29, 1.82) is 5.26 Å². The van der Waals surface area contributed by atoms with Gasteiger partial charge in [0, 0.05) is 18.1 Å². The van der Waals surface area contributed by atoms with Gasteiger partial charge in [0.05, 0.1) is 21.7 Å². The average Bonchev–Trinajstić information content (AvgIpc) is 2.64. The molecule has 2 aromatic rings. The maximum Gasteiger partial charge on any atom is 0.102 e. The van der Waals surface area contributed by atoms with Gasteiger partial charge in [-0.05, 0) is 12.1 Å². The summed E-state index contributed by atoms with van der Waals surface area (Å²) in [6.07, 6.45) is 3.65. The van der Waals surface area contributed by atoms with Gasteiger partial charge in [0.2, 0.25) is 0 Å². The number of benzene rings is 1. The Labute approximate surface area is 103 Å². The van der Waals surface area contributed by atoms with Gasteiger partial charge in [-0.25, -0.2) is 0 Å². The minimum atomic E-state index is 0.483. The van der Waals surface area contributed by atoms with Crippen LogP contribution in [0.5, 0.6) is 0 Å². The largest absolute Gasteiger partial charge is 0.275 e. The molecule has 0 aliphatic rings. The predicted molar refractivity (Wildman–Crippen MR) is 63.5 cm³/mol. The molecule has 0 aliphatic carbocycles. The molecule has 0 unspecified atom stereocenters. The van der Waals surface area contributed by atoms with Gasteiger partial charge in [-0.15, -0.1) is 0 Å². The molecule has 0 atom stereocenters. The zero-order chi connectivity index (χ0) is 11.5. The molecule has 3 nitrogen and oxygen atoms in total. The summed E-state index contributed by atoms with van der Waals surface area (Å²) in [6.45, 7) is 0. The van der Waals surface area contributed by atoms with Gasteiger partial charge >= 0.3 is 0 Å². The van der Waals surface area contributed by atoms with E-state index in [0.717, 1.165) is 9.79 Å². The van der Waals surface area contributed by atoms with Crippen molar-refractivity contribution in [3.63, 3.8) is 0 Å². The Morgan fingerprint density at radius 2 is 2.31 bits per heavy atom. The molecule has 0 saturated heterocycles. The van der Waals surface area contributed by atoms with Crippen molar-refractivity contribution in [2.75, 3.05) is 0 Å². The van der Waals surface area contributed by atoms with Gasteiger partial charge in [0.1, 0.15) is 6.07 Å². The molecule has 80 valence electrons. The van der Waals surface area contributed by atoms with Crippen LogP contribution in [0.2, 0.25) is 5.02 Å². The van der Waals surface area contributed by atoms with Crippen LogP contribution in [0.25, 0.3) is 0 Å². The molecule has 16 heavy (non-hydrogen) atoms. The summed E-state index contributed by atoms with van der Waals surface area (Å²) in [6, 6.07) is 7.54. The van der Waals surface area contributed by atoms with Crippen LogP contribution in [0.3, 0.4) is 0 Å². The van der Waals surface area contributed by atoms with Crippen LogP contribution in [-0.4, -0.2) is 9.78 Å². The Kier molecular flexibility index (Phi) is 3.18. The topological polar surface area (TPSA) is 41.6 Å². The minimum Gasteiger partial charge on any atom is -0.275 e. The molecule has 1 aromatic carbocycles. The van der Waals surface area contributed by atoms with E-state index < -0.39 is 0 Å². The summed E-state index contributed by atoms with van der Waals surface area (Å²) in [5, 5.41) is 13.6. The molecular weight excluding hydrogens is 242 g/mol. The smallest absolute Gasteiger partial charge is 0.102 e. The normalized spacial score (nSPS) is 10.1. The Bertz CT molecular complexity index is 557. The van der Waals surface area contributed by atoms with E-state index in [1.54, 1.807) is 16.9 Å². The van der Waals surface area contributed by atoms with Crippen molar-refractivity contribution in [3.8, 4) is 6.07 Å². The maximum atomic E-state index is 9.01. The van der Waals surface area contributed by atoms with E-state index in [1.165, 1.54) is 11.8 Å². The van der Waals surface area contributed by atoms with Crippen molar-refractivity contribution < 1.29 is 0 Å². The molecule has 0 aliphatic heterocycles. The van der Waals surface area contributed by atoms with E-state index in [9.17, 15) is 0 Å². The molecular formula is C11H8ClN3S. The highest BCUT2D eigenvalue weighted by Crippen LogP contribution is 2.32. The summed E-state index contributed by atoms with van der Waals surface area (Å²) >= 11 is 7.43. The van der Waals surface area contributed by atoms with Gasteiger partial charge < -0.3 is 0 Å². The fourth-order valence-corrected chi connectivity index (χ4v) is 2.51. The van der Waals surface area contributed by atoms with Crippen LogP contribution in [-0.2, 0) is 7.05 Å². The van der Waals surface area contributed by atoms with Crippen LogP contribution in [0.15, 0.2) is 40.4 Å². The summed E-state index contributed by atoms with van der Waals surface area (Å²) in [7, 11) is 1.85. The number of hydrogen-bond donors (Lipinski definition) is 0. The fraction of sp³-hybridized carbons (Fsp3) is 0.0909. The molecule has 0 saturated carbocycles. The Balaban J connectivity index is 2.35. The zero-order valence-corrected chi connectivity index (χ0v) is 10.1. The van der Waals surface area contributed by atoms with Crippen LogP contribution in [0.1, 0.15) is 5.56 Å². The summed E-state index contributed by atoms with van der Waals surface area (Å²) in [5.74, 6) is 0.